The number of sulfonamides is 1. The molecule has 3 aromatic rings. The quantitative estimate of drug-likeness (QED) is 0.668. The maximum absolute atomic E-state index is 12.5. The van der Waals surface area contributed by atoms with Gasteiger partial charge in [-0.25, -0.2) is 23.1 Å². The van der Waals surface area contributed by atoms with Gasteiger partial charge in [0.05, 0.1) is 10.6 Å². The van der Waals surface area contributed by atoms with E-state index in [4.69, 9.17) is 0 Å². The second kappa shape index (κ2) is 7.37. The van der Waals surface area contributed by atoms with E-state index in [2.05, 4.69) is 29.6 Å². The Morgan fingerprint density at radius 3 is 2.22 bits per heavy atom. The van der Waals surface area contributed by atoms with Gasteiger partial charge in [0.1, 0.15) is 4.88 Å². The van der Waals surface area contributed by atoms with Crippen molar-refractivity contribution in [1.82, 2.24) is 19.6 Å². The maximum atomic E-state index is 12.5. The smallest absolute Gasteiger partial charge is 0.269 e. The van der Waals surface area contributed by atoms with Crippen molar-refractivity contribution in [2.45, 2.75) is 25.7 Å². The highest BCUT2D eigenvalue weighted by Crippen LogP contribution is 2.18. The molecule has 2 N–H and O–H groups in total. The first kappa shape index (κ1) is 18.9. The van der Waals surface area contributed by atoms with Gasteiger partial charge < -0.3 is 5.32 Å². The van der Waals surface area contributed by atoms with E-state index in [1.54, 1.807) is 26.8 Å². The second-order valence-corrected chi connectivity index (χ2v) is 8.18. The number of rotatable bonds is 5. The molecule has 0 spiro atoms. The van der Waals surface area contributed by atoms with Crippen molar-refractivity contribution in [2.75, 3.05) is 10.0 Å². The standard InChI is InChI=1S/C16H16N6O3S2/c1-9-8-10(2)18-16(17-9)21-27(24,25)13-6-4-12(5-7-13)19-15(23)14-11(3)20-22-26-14/h4-8H,1-3H3,(H,19,23)(H,17,18,21). The molecular weight excluding hydrogens is 388 g/mol. The molecule has 0 aliphatic heterocycles. The van der Waals surface area contributed by atoms with Gasteiger partial charge >= 0.3 is 0 Å². The van der Waals surface area contributed by atoms with Gasteiger partial charge in [-0.15, -0.1) is 5.10 Å². The molecule has 0 fully saturated rings. The number of amides is 1. The van der Waals surface area contributed by atoms with Gasteiger partial charge in [-0.2, -0.15) is 0 Å². The molecule has 3 rings (SSSR count). The molecule has 0 aliphatic carbocycles. The number of carbonyl (C=O) groups excluding carboxylic acids is 1. The number of aromatic nitrogens is 4. The van der Waals surface area contributed by atoms with Crippen molar-refractivity contribution in [3.8, 4) is 0 Å². The van der Waals surface area contributed by atoms with E-state index < -0.39 is 10.0 Å². The van der Waals surface area contributed by atoms with Crippen LogP contribution in [0.25, 0.3) is 0 Å². The molecule has 0 atom stereocenters. The van der Waals surface area contributed by atoms with Crippen molar-refractivity contribution in [2.24, 2.45) is 0 Å². The number of nitrogens with one attached hydrogen (secondary N) is 2. The fourth-order valence-electron chi connectivity index (χ4n) is 2.30. The van der Waals surface area contributed by atoms with Crippen LogP contribution in [0.3, 0.4) is 0 Å². The van der Waals surface area contributed by atoms with Crippen LogP contribution in [-0.4, -0.2) is 33.9 Å². The Morgan fingerprint density at radius 1 is 1.04 bits per heavy atom. The van der Waals surface area contributed by atoms with E-state index in [9.17, 15) is 13.2 Å². The summed E-state index contributed by atoms with van der Waals surface area (Å²) in [6, 6.07) is 7.52. The lowest BCUT2D eigenvalue weighted by molar-refractivity contribution is 0.103. The summed E-state index contributed by atoms with van der Waals surface area (Å²) in [5.74, 6) is -0.335. The molecule has 0 radical (unpaired) electrons. The SMILES string of the molecule is Cc1cc(C)nc(NS(=O)(=O)c2ccc(NC(=O)c3snnc3C)cc2)n1. The fourth-order valence-corrected chi connectivity index (χ4v) is 3.79. The molecule has 2 heterocycles. The van der Waals surface area contributed by atoms with Gasteiger partial charge in [-0.05, 0) is 62.6 Å². The van der Waals surface area contributed by atoms with Crippen molar-refractivity contribution in [3.05, 3.63) is 52.3 Å². The van der Waals surface area contributed by atoms with Crippen LogP contribution in [0.5, 0.6) is 0 Å². The molecule has 140 valence electrons. The molecule has 2 aromatic heterocycles. The van der Waals surface area contributed by atoms with Gasteiger partial charge in [0.15, 0.2) is 0 Å². The molecule has 0 aliphatic rings. The van der Waals surface area contributed by atoms with Crippen molar-refractivity contribution in [3.63, 3.8) is 0 Å². The van der Waals surface area contributed by atoms with Crippen LogP contribution in [0.1, 0.15) is 26.8 Å². The number of nitrogens with zero attached hydrogens (tertiary/aromatic N) is 4. The molecule has 1 amide bonds. The van der Waals surface area contributed by atoms with E-state index in [1.165, 1.54) is 24.3 Å². The Hall–Kier alpha value is -2.92. The van der Waals surface area contributed by atoms with E-state index in [0.717, 1.165) is 11.5 Å². The predicted molar refractivity (Wildman–Crippen MR) is 101 cm³/mol. The van der Waals surface area contributed by atoms with Crippen LogP contribution in [0.4, 0.5) is 11.6 Å². The number of benzene rings is 1. The minimum absolute atomic E-state index is 0.0121. The third kappa shape index (κ3) is 4.44. The van der Waals surface area contributed by atoms with Crippen molar-refractivity contribution >= 4 is 39.1 Å². The molecular formula is C16H16N6O3S2. The summed E-state index contributed by atoms with van der Waals surface area (Å²) in [6.07, 6.45) is 0. The highest BCUT2D eigenvalue weighted by atomic mass is 32.2. The highest BCUT2D eigenvalue weighted by Gasteiger charge is 2.17. The summed E-state index contributed by atoms with van der Waals surface area (Å²) in [6.45, 7) is 5.20. The van der Waals surface area contributed by atoms with Crippen LogP contribution in [0, 0.1) is 20.8 Å². The largest absolute Gasteiger partial charge is 0.321 e. The summed E-state index contributed by atoms with van der Waals surface area (Å²) in [5.41, 5.74) is 2.31. The third-order valence-electron chi connectivity index (χ3n) is 3.49. The summed E-state index contributed by atoms with van der Waals surface area (Å²) in [7, 11) is -3.85. The molecule has 27 heavy (non-hydrogen) atoms. The molecule has 1 aromatic carbocycles. The molecule has 0 saturated carbocycles. The molecule has 11 heteroatoms. The monoisotopic (exact) mass is 404 g/mol. The van der Waals surface area contributed by atoms with Crippen LogP contribution >= 0.6 is 11.5 Å². The lowest BCUT2D eigenvalue weighted by Crippen LogP contribution is -2.16. The van der Waals surface area contributed by atoms with Crippen LogP contribution in [0.15, 0.2) is 35.2 Å². The summed E-state index contributed by atoms with van der Waals surface area (Å²) in [4.78, 5) is 20.7. The Kier molecular flexibility index (Phi) is 5.15. The zero-order chi connectivity index (χ0) is 19.6. The van der Waals surface area contributed by atoms with Gasteiger partial charge in [0.2, 0.25) is 5.95 Å². The van der Waals surface area contributed by atoms with Gasteiger partial charge in [-0.1, -0.05) is 4.49 Å². The van der Waals surface area contributed by atoms with Gasteiger partial charge in [0.25, 0.3) is 15.9 Å². The first-order chi connectivity index (χ1) is 12.7. The average Bonchev–Trinajstić information content (AvgIpc) is 3.00. The number of hydrogen-bond acceptors (Lipinski definition) is 8. The summed E-state index contributed by atoms with van der Waals surface area (Å²) < 4.78 is 31.1. The Morgan fingerprint density at radius 2 is 1.67 bits per heavy atom. The number of anilines is 2. The highest BCUT2D eigenvalue weighted by molar-refractivity contribution is 7.92. The summed E-state index contributed by atoms with van der Waals surface area (Å²) >= 11 is 0.995. The normalized spacial score (nSPS) is 11.2. The average molecular weight is 404 g/mol. The minimum atomic E-state index is -3.85. The minimum Gasteiger partial charge on any atom is -0.321 e. The maximum Gasteiger partial charge on any atom is 0.269 e. The van der Waals surface area contributed by atoms with Crippen LogP contribution in [-0.2, 0) is 10.0 Å². The Balaban J connectivity index is 1.75. The van der Waals surface area contributed by atoms with Gasteiger partial charge in [-0.3, -0.25) is 4.79 Å². The van der Waals surface area contributed by atoms with Crippen molar-refractivity contribution in [1.29, 1.82) is 0 Å². The number of aryl methyl sites for hydroxylation is 3. The second-order valence-electron chi connectivity index (χ2n) is 5.75. The lowest BCUT2D eigenvalue weighted by atomic mass is 10.3. The van der Waals surface area contributed by atoms with Crippen LogP contribution in [0.2, 0.25) is 0 Å². The van der Waals surface area contributed by atoms with Gasteiger partial charge in [0, 0.05) is 17.1 Å². The van der Waals surface area contributed by atoms with E-state index in [-0.39, 0.29) is 16.8 Å². The first-order valence-corrected chi connectivity index (χ1v) is 10.1. The topological polar surface area (TPSA) is 127 Å². The third-order valence-corrected chi connectivity index (χ3v) is 5.66. The summed E-state index contributed by atoms with van der Waals surface area (Å²) in [5, 5.41) is 6.47. The first-order valence-electron chi connectivity index (χ1n) is 7.80. The number of hydrogen-bond donors (Lipinski definition) is 2. The van der Waals surface area contributed by atoms with Crippen LogP contribution < -0.4 is 10.0 Å². The Bertz CT molecular complexity index is 1070. The molecule has 0 unspecified atom stereocenters. The lowest BCUT2D eigenvalue weighted by Gasteiger charge is -2.09. The molecule has 0 saturated heterocycles. The zero-order valence-electron chi connectivity index (χ0n) is 14.7. The predicted octanol–water partition coefficient (Wildman–Crippen LogP) is 2.31. The van der Waals surface area contributed by atoms with E-state index in [0.29, 0.717) is 27.6 Å². The molecule has 9 nitrogen and oxygen atoms in total. The fraction of sp³-hybridized carbons (Fsp3) is 0.188. The zero-order valence-corrected chi connectivity index (χ0v) is 16.3. The van der Waals surface area contributed by atoms with E-state index in [1.807, 2.05) is 0 Å². The molecule has 0 bridgehead atoms. The number of carbonyl (C=O) groups is 1. The Labute approximate surface area is 160 Å². The van der Waals surface area contributed by atoms with E-state index >= 15 is 0 Å². The van der Waals surface area contributed by atoms with Crippen molar-refractivity contribution < 1.29 is 13.2 Å².